The summed E-state index contributed by atoms with van der Waals surface area (Å²) in [4.78, 5) is 37.3. The molecule has 1 aliphatic carbocycles. The molecule has 1 saturated carbocycles. The molecular formula is C25H23N5O2. The highest BCUT2D eigenvalue weighted by Gasteiger charge is 2.23. The van der Waals surface area contributed by atoms with Gasteiger partial charge in [-0.2, -0.15) is 0 Å². The van der Waals surface area contributed by atoms with E-state index in [1.54, 1.807) is 18.3 Å². The second-order valence-electron chi connectivity index (χ2n) is 8.02. The van der Waals surface area contributed by atoms with Crippen LogP contribution in [0.5, 0.6) is 0 Å². The van der Waals surface area contributed by atoms with Gasteiger partial charge in [-0.3, -0.25) is 9.59 Å². The highest BCUT2D eigenvalue weighted by Crippen LogP contribution is 2.30. The van der Waals surface area contributed by atoms with Gasteiger partial charge in [-0.1, -0.05) is 49.2 Å². The predicted molar refractivity (Wildman–Crippen MR) is 124 cm³/mol. The normalized spacial score (nSPS) is 13.9. The molecule has 0 bridgehead atoms. The summed E-state index contributed by atoms with van der Waals surface area (Å²) in [5, 5.41) is 6.94. The van der Waals surface area contributed by atoms with Gasteiger partial charge in [-0.25, -0.2) is 9.97 Å². The summed E-state index contributed by atoms with van der Waals surface area (Å²) in [6.45, 7) is 0. The van der Waals surface area contributed by atoms with Crippen molar-refractivity contribution in [2.75, 3.05) is 10.6 Å². The van der Waals surface area contributed by atoms with Crippen LogP contribution in [0.25, 0.3) is 11.0 Å². The van der Waals surface area contributed by atoms with Crippen molar-refractivity contribution < 1.29 is 9.59 Å². The molecule has 0 atom stereocenters. The van der Waals surface area contributed by atoms with E-state index in [4.69, 9.17) is 0 Å². The molecule has 160 valence electrons. The lowest BCUT2D eigenvalue weighted by atomic mass is 10.0. The third-order valence-corrected chi connectivity index (χ3v) is 5.87. The van der Waals surface area contributed by atoms with E-state index in [-0.39, 0.29) is 17.6 Å². The maximum atomic E-state index is 13.1. The van der Waals surface area contributed by atoms with Crippen LogP contribution in [-0.4, -0.2) is 26.6 Å². The number of nitrogens with one attached hydrogen (secondary N) is 3. The lowest BCUT2D eigenvalue weighted by molar-refractivity contribution is -0.119. The van der Waals surface area contributed by atoms with Gasteiger partial charge in [0.25, 0.3) is 0 Å². The summed E-state index contributed by atoms with van der Waals surface area (Å²) >= 11 is 0. The van der Waals surface area contributed by atoms with Crippen molar-refractivity contribution in [3.8, 4) is 0 Å². The molecule has 2 heterocycles. The van der Waals surface area contributed by atoms with E-state index in [1.165, 1.54) is 6.33 Å². The van der Waals surface area contributed by atoms with Crippen LogP contribution in [0.4, 0.5) is 17.2 Å². The second-order valence-corrected chi connectivity index (χ2v) is 8.02. The number of hydrogen-bond acceptors (Lipinski definition) is 5. The largest absolute Gasteiger partial charge is 0.345 e. The summed E-state index contributed by atoms with van der Waals surface area (Å²) in [6, 6.07) is 16.6. The predicted octanol–water partition coefficient (Wildman–Crippen LogP) is 5.06. The van der Waals surface area contributed by atoms with Crippen molar-refractivity contribution in [1.29, 1.82) is 0 Å². The first-order valence-electron chi connectivity index (χ1n) is 10.8. The third-order valence-electron chi connectivity index (χ3n) is 5.87. The number of fused-ring (bicyclic) bond motifs is 1. The number of rotatable bonds is 6. The minimum Gasteiger partial charge on any atom is -0.345 e. The number of hydrogen-bond donors (Lipinski definition) is 3. The average Bonchev–Trinajstić information content (AvgIpc) is 3.50. The zero-order valence-electron chi connectivity index (χ0n) is 17.5. The van der Waals surface area contributed by atoms with Crippen molar-refractivity contribution >= 4 is 39.9 Å². The second kappa shape index (κ2) is 8.63. The number of amides is 1. The molecule has 0 spiro atoms. The monoisotopic (exact) mass is 425 g/mol. The zero-order valence-corrected chi connectivity index (χ0v) is 17.5. The molecule has 5 rings (SSSR count). The Balaban J connectivity index is 1.43. The number of nitrogens with zero attached hydrogens (tertiary/aromatic N) is 2. The van der Waals surface area contributed by atoms with Crippen LogP contribution in [0.15, 0.2) is 67.1 Å². The SMILES string of the molecule is O=C(c1ccccc1)c1c[nH]c2ncnc(Nc3cccc(NC(=O)C4CCCC4)c3)c12. The van der Waals surface area contributed by atoms with E-state index in [1.807, 2.05) is 42.5 Å². The Morgan fingerprint density at radius 3 is 2.53 bits per heavy atom. The third kappa shape index (κ3) is 3.97. The summed E-state index contributed by atoms with van der Waals surface area (Å²) < 4.78 is 0. The van der Waals surface area contributed by atoms with Gasteiger partial charge in [0.2, 0.25) is 5.91 Å². The quantitative estimate of drug-likeness (QED) is 0.375. The van der Waals surface area contributed by atoms with Crippen LogP contribution < -0.4 is 10.6 Å². The number of aromatic amines is 1. The smallest absolute Gasteiger partial charge is 0.227 e. The Hall–Kier alpha value is -4.00. The van der Waals surface area contributed by atoms with Crippen molar-refractivity contribution in [2.24, 2.45) is 5.92 Å². The van der Waals surface area contributed by atoms with Gasteiger partial charge in [-0.15, -0.1) is 0 Å². The van der Waals surface area contributed by atoms with Crippen LogP contribution in [0.1, 0.15) is 41.6 Å². The summed E-state index contributed by atoms with van der Waals surface area (Å²) in [6.07, 6.45) is 7.25. The van der Waals surface area contributed by atoms with Crippen LogP contribution in [0.3, 0.4) is 0 Å². The van der Waals surface area contributed by atoms with E-state index in [0.717, 1.165) is 37.1 Å². The Morgan fingerprint density at radius 1 is 0.938 bits per heavy atom. The minimum atomic E-state index is -0.104. The minimum absolute atomic E-state index is 0.0745. The Kier molecular flexibility index (Phi) is 5.37. The number of benzene rings is 2. The van der Waals surface area contributed by atoms with Gasteiger partial charge in [0, 0.05) is 29.1 Å². The van der Waals surface area contributed by atoms with Crippen molar-refractivity contribution in [3.63, 3.8) is 0 Å². The maximum Gasteiger partial charge on any atom is 0.227 e. The van der Waals surface area contributed by atoms with Crippen LogP contribution in [0.2, 0.25) is 0 Å². The van der Waals surface area contributed by atoms with Gasteiger partial charge in [0.05, 0.1) is 10.9 Å². The lowest BCUT2D eigenvalue weighted by Gasteiger charge is -2.12. The summed E-state index contributed by atoms with van der Waals surface area (Å²) in [5.74, 6) is 0.590. The molecule has 7 nitrogen and oxygen atoms in total. The standard InChI is InChI=1S/C25H23N5O2/c31-22(16-7-2-1-3-8-16)20-14-26-23-21(20)24(28-15-27-23)29-18-11-6-12-19(13-18)30-25(32)17-9-4-5-10-17/h1-3,6-8,11-15,17H,4-5,9-10H2,(H,30,32)(H2,26,27,28,29). The molecule has 3 N–H and O–H groups in total. The summed E-state index contributed by atoms with van der Waals surface area (Å²) in [5.41, 5.74) is 3.16. The number of ketones is 1. The molecule has 1 fully saturated rings. The van der Waals surface area contributed by atoms with E-state index in [0.29, 0.717) is 28.0 Å². The first kappa shape index (κ1) is 19.9. The number of aromatic nitrogens is 3. The first-order chi connectivity index (χ1) is 15.7. The number of H-pyrrole nitrogens is 1. The van der Waals surface area contributed by atoms with Crippen molar-refractivity contribution in [3.05, 3.63) is 78.2 Å². The Morgan fingerprint density at radius 2 is 1.72 bits per heavy atom. The van der Waals surface area contributed by atoms with Crippen molar-refractivity contribution in [1.82, 2.24) is 15.0 Å². The maximum absolute atomic E-state index is 13.1. The lowest BCUT2D eigenvalue weighted by Crippen LogP contribution is -2.20. The molecule has 2 aromatic heterocycles. The molecule has 7 heteroatoms. The highest BCUT2D eigenvalue weighted by atomic mass is 16.2. The molecule has 4 aromatic rings. The van der Waals surface area contributed by atoms with Crippen LogP contribution >= 0.6 is 0 Å². The topological polar surface area (TPSA) is 99.8 Å². The molecule has 0 aliphatic heterocycles. The van der Waals surface area contributed by atoms with Gasteiger partial charge in [-0.05, 0) is 31.0 Å². The molecule has 1 amide bonds. The molecular weight excluding hydrogens is 402 g/mol. The van der Waals surface area contributed by atoms with Crippen LogP contribution in [0, 0.1) is 5.92 Å². The van der Waals surface area contributed by atoms with Crippen LogP contribution in [-0.2, 0) is 4.79 Å². The average molecular weight is 425 g/mol. The molecule has 0 unspecified atom stereocenters. The number of carbonyl (C=O) groups is 2. The fourth-order valence-electron chi connectivity index (χ4n) is 4.23. The number of anilines is 3. The van der Waals surface area contributed by atoms with Crippen molar-refractivity contribution in [2.45, 2.75) is 25.7 Å². The fourth-order valence-corrected chi connectivity index (χ4v) is 4.23. The molecule has 1 aliphatic rings. The first-order valence-corrected chi connectivity index (χ1v) is 10.8. The Bertz CT molecular complexity index is 1280. The molecule has 0 radical (unpaired) electrons. The van der Waals surface area contributed by atoms with E-state index < -0.39 is 0 Å². The molecule has 2 aromatic carbocycles. The Labute approximate surface area is 185 Å². The highest BCUT2D eigenvalue weighted by molar-refractivity contribution is 6.18. The molecule has 0 saturated heterocycles. The van der Waals surface area contributed by atoms with Gasteiger partial charge in [0.15, 0.2) is 5.78 Å². The molecule has 32 heavy (non-hydrogen) atoms. The van der Waals surface area contributed by atoms with Gasteiger partial charge >= 0.3 is 0 Å². The van der Waals surface area contributed by atoms with E-state index >= 15 is 0 Å². The van der Waals surface area contributed by atoms with Gasteiger partial charge in [0.1, 0.15) is 17.8 Å². The zero-order chi connectivity index (χ0) is 21.9. The van der Waals surface area contributed by atoms with E-state index in [9.17, 15) is 9.59 Å². The fraction of sp³-hybridized carbons (Fsp3) is 0.200. The van der Waals surface area contributed by atoms with E-state index in [2.05, 4.69) is 25.6 Å². The summed E-state index contributed by atoms with van der Waals surface area (Å²) in [7, 11) is 0. The van der Waals surface area contributed by atoms with Gasteiger partial charge < -0.3 is 15.6 Å². The number of carbonyl (C=O) groups excluding carboxylic acids is 2.